The second-order valence-corrected chi connectivity index (χ2v) is 9.15. The van der Waals surface area contributed by atoms with Crippen LogP contribution in [0.5, 0.6) is 0 Å². The van der Waals surface area contributed by atoms with E-state index in [9.17, 15) is 9.59 Å². The van der Waals surface area contributed by atoms with Gasteiger partial charge in [-0.2, -0.15) is 0 Å². The quantitative estimate of drug-likeness (QED) is 0.717. The number of hydrogen-bond donors (Lipinski definition) is 1. The first kappa shape index (κ1) is 19.8. The molecule has 1 aliphatic rings. The minimum Gasteiger partial charge on any atom is -0.452 e. The molecule has 6 heteroatoms. The van der Waals surface area contributed by atoms with Crippen LogP contribution in [0, 0.1) is 13.8 Å². The molecule has 142 valence electrons. The zero-order chi connectivity index (χ0) is 19.2. The van der Waals surface area contributed by atoms with Gasteiger partial charge in [0.15, 0.2) is 6.61 Å². The van der Waals surface area contributed by atoms with E-state index in [0.717, 1.165) is 16.8 Å². The van der Waals surface area contributed by atoms with Crippen molar-refractivity contribution in [2.45, 2.75) is 24.9 Å². The summed E-state index contributed by atoms with van der Waals surface area (Å²) in [6.07, 6.45) is 1.25. The van der Waals surface area contributed by atoms with Gasteiger partial charge in [-0.1, -0.05) is 24.3 Å². The van der Waals surface area contributed by atoms with Crippen LogP contribution in [-0.2, 0) is 9.53 Å². The Morgan fingerprint density at radius 1 is 1.07 bits per heavy atom. The predicted octanol–water partition coefficient (Wildman–Crippen LogP) is 4.97. The van der Waals surface area contributed by atoms with Crippen LogP contribution in [0.25, 0.3) is 0 Å². The first-order valence-electron chi connectivity index (χ1n) is 8.91. The first-order valence-corrected chi connectivity index (χ1v) is 11.0. The summed E-state index contributed by atoms with van der Waals surface area (Å²) in [6.45, 7) is 3.63. The standard InChI is InChI=1S/C21H23NO3S2/c1-14-5-3-6-18(15(14)2)22-19(23)13-25-20(24)16-7-9-17(10-8-16)21-26-11-4-12-27-21/h3,5-10,21H,4,11-13H2,1-2H3,(H,22,23). The maximum atomic E-state index is 12.2. The van der Waals surface area contributed by atoms with Gasteiger partial charge in [0, 0.05) is 5.69 Å². The molecule has 0 aromatic heterocycles. The molecular weight excluding hydrogens is 378 g/mol. The summed E-state index contributed by atoms with van der Waals surface area (Å²) in [6, 6.07) is 13.2. The van der Waals surface area contributed by atoms with E-state index in [1.54, 1.807) is 12.1 Å². The molecule has 1 amide bonds. The van der Waals surface area contributed by atoms with Gasteiger partial charge in [0.05, 0.1) is 10.1 Å². The van der Waals surface area contributed by atoms with E-state index >= 15 is 0 Å². The number of amides is 1. The van der Waals surface area contributed by atoms with Gasteiger partial charge in [0.25, 0.3) is 5.91 Å². The summed E-state index contributed by atoms with van der Waals surface area (Å²) >= 11 is 3.88. The Morgan fingerprint density at radius 3 is 2.48 bits per heavy atom. The second-order valence-electron chi connectivity index (χ2n) is 6.42. The van der Waals surface area contributed by atoms with Crippen LogP contribution in [0.3, 0.4) is 0 Å². The average Bonchev–Trinajstić information content (AvgIpc) is 2.70. The minimum absolute atomic E-state index is 0.303. The van der Waals surface area contributed by atoms with Crippen LogP contribution in [-0.4, -0.2) is 30.0 Å². The first-order chi connectivity index (χ1) is 13.0. The van der Waals surface area contributed by atoms with Crippen molar-refractivity contribution in [3.63, 3.8) is 0 Å². The maximum Gasteiger partial charge on any atom is 0.338 e. The van der Waals surface area contributed by atoms with Crippen LogP contribution in [0.2, 0.25) is 0 Å². The molecule has 2 aromatic carbocycles. The molecule has 1 heterocycles. The number of hydrogen-bond acceptors (Lipinski definition) is 5. The smallest absolute Gasteiger partial charge is 0.338 e. The van der Waals surface area contributed by atoms with Crippen molar-refractivity contribution in [2.75, 3.05) is 23.4 Å². The van der Waals surface area contributed by atoms with Gasteiger partial charge in [0.1, 0.15) is 0 Å². The molecule has 0 unspecified atom stereocenters. The van der Waals surface area contributed by atoms with E-state index in [1.807, 2.05) is 67.7 Å². The van der Waals surface area contributed by atoms with Crippen molar-refractivity contribution in [1.82, 2.24) is 0 Å². The number of aryl methyl sites for hydroxylation is 1. The SMILES string of the molecule is Cc1cccc(NC(=O)COC(=O)c2ccc(C3SCCCS3)cc2)c1C. The van der Waals surface area contributed by atoms with E-state index in [2.05, 4.69) is 5.32 Å². The Kier molecular flexibility index (Phi) is 6.85. The van der Waals surface area contributed by atoms with E-state index in [-0.39, 0.29) is 12.5 Å². The highest BCUT2D eigenvalue weighted by Crippen LogP contribution is 2.43. The molecule has 1 saturated heterocycles. The topological polar surface area (TPSA) is 55.4 Å². The maximum absolute atomic E-state index is 12.2. The molecule has 2 aromatic rings. The number of thioether (sulfide) groups is 2. The number of carbonyl (C=O) groups excluding carboxylic acids is 2. The van der Waals surface area contributed by atoms with Crippen LogP contribution < -0.4 is 5.32 Å². The van der Waals surface area contributed by atoms with Gasteiger partial charge in [-0.05, 0) is 66.7 Å². The lowest BCUT2D eigenvalue weighted by Crippen LogP contribution is -2.21. The highest BCUT2D eigenvalue weighted by Gasteiger charge is 2.17. The van der Waals surface area contributed by atoms with Crippen molar-refractivity contribution in [2.24, 2.45) is 0 Å². The number of anilines is 1. The fraction of sp³-hybridized carbons (Fsp3) is 0.333. The summed E-state index contributed by atoms with van der Waals surface area (Å²) in [4.78, 5) is 24.3. The average molecular weight is 402 g/mol. The highest BCUT2D eigenvalue weighted by atomic mass is 32.2. The largest absolute Gasteiger partial charge is 0.452 e. The number of ether oxygens (including phenoxy) is 1. The third kappa shape index (κ3) is 5.30. The summed E-state index contributed by atoms with van der Waals surface area (Å²) in [7, 11) is 0. The Hall–Kier alpha value is -1.92. The van der Waals surface area contributed by atoms with Crippen molar-refractivity contribution in [3.8, 4) is 0 Å². The summed E-state index contributed by atoms with van der Waals surface area (Å²) in [5.74, 6) is 1.53. The molecule has 27 heavy (non-hydrogen) atoms. The Bertz CT molecular complexity index is 815. The minimum atomic E-state index is -0.485. The van der Waals surface area contributed by atoms with Crippen LogP contribution >= 0.6 is 23.5 Å². The van der Waals surface area contributed by atoms with Gasteiger partial charge in [-0.25, -0.2) is 4.79 Å². The van der Waals surface area contributed by atoms with Crippen molar-refractivity contribution in [3.05, 3.63) is 64.7 Å². The second kappa shape index (κ2) is 9.33. The molecule has 3 rings (SSSR count). The van der Waals surface area contributed by atoms with Crippen molar-refractivity contribution < 1.29 is 14.3 Å². The van der Waals surface area contributed by atoms with E-state index in [1.165, 1.54) is 23.5 Å². The molecule has 1 fully saturated rings. The number of carbonyl (C=O) groups is 2. The zero-order valence-electron chi connectivity index (χ0n) is 15.5. The number of esters is 1. The molecule has 4 nitrogen and oxygen atoms in total. The molecule has 0 radical (unpaired) electrons. The molecule has 0 atom stereocenters. The molecule has 1 N–H and O–H groups in total. The van der Waals surface area contributed by atoms with Gasteiger partial charge >= 0.3 is 5.97 Å². The predicted molar refractivity (Wildman–Crippen MR) is 114 cm³/mol. The molecular formula is C21H23NO3S2. The molecule has 0 aliphatic carbocycles. The number of benzene rings is 2. The monoisotopic (exact) mass is 401 g/mol. The fourth-order valence-corrected chi connectivity index (χ4v) is 5.64. The molecule has 0 saturated carbocycles. The normalized spacial score (nSPS) is 14.6. The summed E-state index contributed by atoms with van der Waals surface area (Å²) < 4.78 is 5.59. The fourth-order valence-electron chi connectivity index (χ4n) is 2.74. The lowest BCUT2D eigenvalue weighted by Gasteiger charge is -2.21. The van der Waals surface area contributed by atoms with Gasteiger partial charge in [-0.15, -0.1) is 23.5 Å². The Balaban J connectivity index is 1.52. The van der Waals surface area contributed by atoms with Crippen molar-refractivity contribution >= 4 is 41.1 Å². The third-order valence-corrected chi connectivity index (χ3v) is 7.47. The summed E-state index contributed by atoms with van der Waals surface area (Å²) in [5, 5.41) is 2.79. The lowest BCUT2D eigenvalue weighted by atomic mass is 10.1. The van der Waals surface area contributed by atoms with Crippen LogP contribution in [0.15, 0.2) is 42.5 Å². The highest BCUT2D eigenvalue weighted by molar-refractivity contribution is 8.16. The Morgan fingerprint density at radius 2 is 1.78 bits per heavy atom. The van der Waals surface area contributed by atoms with Gasteiger partial charge < -0.3 is 10.1 Å². The zero-order valence-corrected chi connectivity index (χ0v) is 17.1. The molecule has 0 bridgehead atoms. The number of nitrogens with one attached hydrogen (secondary N) is 1. The third-order valence-electron chi connectivity index (χ3n) is 4.46. The van der Waals surface area contributed by atoms with E-state index in [4.69, 9.17) is 4.74 Å². The van der Waals surface area contributed by atoms with E-state index < -0.39 is 5.97 Å². The van der Waals surface area contributed by atoms with Crippen LogP contribution in [0.1, 0.15) is 38.1 Å². The van der Waals surface area contributed by atoms with Gasteiger partial charge in [0.2, 0.25) is 0 Å². The molecule has 1 aliphatic heterocycles. The summed E-state index contributed by atoms with van der Waals surface area (Å²) in [5.41, 5.74) is 4.52. The van der Waals surface area contributed by atoms with Gasteiger partial charge in [-0.3, -0.25) is 4.79 Å². The number of rotatable bonds is 5. The van der Waals surface area contributed by atoms with E-state index in [0.29, 0.717) is 10.1 Å². The lowest BCUT2D eigenvalue weighted by molar-refractivity contribution is -0.119. The van der Waals surface area contributed by atoms with Crippen molar-refractivity contribution in [1.29, 1.82) is 0 Å². The molecule has 0 spiro atoms. The Labute approximate surface area is 168 Å². The van der Waals surface area contributed by atoms with Crippen LogP contribution in [0.4, 0.5) is 5.69 Å².